The summed E-state index contributed by atoms with van der Waals surface area (Å²) >= 11 is 0. The van der Waals surface area contributed by atoms with Crippen molar-refractivity contribution in [1.29, 1.82) is 0 Å². The molecule has 0 unspecified atom stereocenters. The van der Waals surface area contributed by atoms with Crippen LogP contribution in [0.25, 0.3) is 0 Å². The minimum atomic E-state index is 0.913. The Bertz CT molecular complexity index is 191. The highest BCUT2D eigenvalue weighted by Gasteiger charge is 2.06. The molecule has 10 heavy (non-hydrogen) atoms. The van der Waals surface area contributed by atoms with Crippen LogP contribution in [0.3, 0.4) is 0 Å². The zero-order valence-corrected chi connectivity index (χ0v) is 6.09. The number of nitrogens with one attached hydrogen (secondary N) is 1. The molecule has 1 heterocycles. The quantitative estimate of drug-likeness (QED) is 0.446. The second-order valence-corrected chi connectivity index (χ2v) is 2.17. The molecule has 0 atom stereocenters. The number of hydrazone groups is 1. The van der Waals surface area contributed by atoms with Gasteiger partial charge in [-0.2, -0.15) is 5.10 Å². The topological polar surface area (TPSA) is 36.8 Å². The molecule has 0 saturated heterocycles. The predicted octanol–water partition coefficient (Wildman–Crippen LogP) is 0.940. The second-order valence-electron chi connectivity index (χ2n) is 2.17. The Labute approximate surface area is 60.5 Å². The standard InChI is InChI=1S/C7H11N3/c1-6-7(3-4-9-6)5-10-8-2/h5,10H,2-4H2,1H3. The van der Waals surface area contributed by atoms with E-state index in [1.54, 1.807) is 0 Å². The van der Waals surface area contributed by atoms with Gasteiger partial charge < -0.3 is 0 Å². The van der Waals surface area contributed by atoms with Crippen molar-refractivity contribution in [2.24, 2.45) is 10.1 Å². The van der Waals surface area contributed by atoms with Gasteiger partial charge in [0.25, 0.3) is 0 Å². The van der Waals surface area contributed by atoms with Gasteiger partial charge in [0.2, 0.25) is 0 Å². The number of rotatable bonds is 2. The maximum atomic E-state index is 4.22. The molecule has 0 aromatic heterocycles. The fourth-order valence-corrected chi connectivity index (χ4v) is 0.927. The Morgan fingerprint density at radius 1 is 1.80 bits per heavy atom. The van der Waals surface area contributed by atoms with Crippen molar-refractivity contribution in [2.45, 2.75) is 13.3 Å². The minimum Gasteiger partial charge on any atom is -0.289 e. The summed E-state index contributed by atoms with van der Waals surface area (Å²) in [6, 6.07) is 0. The van der Waals surface area contributed by atoms with Crippen LogP contribution in [0, 0.1) is 0 Å². The van der Waals surface area contributed by atoms with Crippen LogP contribution in [-0.2, 0) is 0 Å². The van der Waals surface area contributed by atoms with Crippen molar-refractivity contribution in [3.63, 3.8) is 0 Å². The molecule has 0 radical (unpaired) electrons. The molecule has 0 saturated carbocycles. The molecular formula is C7H11N3. The van der Waals surface area contributed by atoms with Gasteiger partial charge in [-0.1, -0.05) is 0 Å². The molecule has 1 rings (SSSR count). The van der Waals surface area contributed by atoms with Crippen LogP contribution in [0.4, 0.5) is 0 Å². The third-order valence-electron chi connectivity index (χ3n) is 1.52. The van der Waals surface area contributed by atoms with E-state index in [2.05, 4.69) is 22.2 Å². The van der Waals surface area contributed by atoms with E-state index in [-0.39, 0.29) is 0 Å². The van der Waals surface area contributed by atoms with Gasteiger partial charge in [-0.3, -0.25) is 10.4 Å². The van der Waals surface area contributed by atoms with Gasteiger partial charge >= 0.3 is 0 Å². The summed E-state index contributed by atoms with van der Waals surface area (Å²) in [5.74, 6) is 0. The van der Waals surface area contributed by atoms with E-state index in [4.69, 9.17) is 0 Å². The van der Waals surface area contributed by atoms with Crippen molar-refractivity contribution >= 4 is 12.4 Å². The normalized spacial score (nSPS) is 20.9. The SMILES string of the molecule is C=NNC=C1CCN=C1C. The molecule has 0 aliphatic carbocycles. The van der Waals surface area contributed by atoms with Crippen LogP contribution in [0.5, 0.6) is 0 Å². The Morgan fingerprint density at radius 2 is 2.60 bits per heavy atom. The van der Waals surface area contributed by atoms with Gasteiger partial charge in [-0.25, -0.2) is 0 Å². The van der Waals surface area contributed by atoms with Crippen molar-refractivity contribution < 1.29 is 0 Å². The first kappa shape index (κ1) is 6.99. The maximum Gasteiger partial charge on any atom is 0.0434 e. The second kappa shape index (κ2) is 3.15. The largest absolute Gasteiger partial charge is 0.289 e. The number of hydrogen-bond acceptors (Lipinski definition) is 3. The van der Waals surface area contributed by atoms with E-state index in [1.165, 1.54) is 5.57 Å². The fourth-order valence-electron chi connectivity index (χ4n) is 0.927. The molecule has 3 heteroatoms. The lowest BCUT2D eigenvalue weighted by Gasteiger charge is -1.94. The van der Waals surface area contributed by atoms with Crippen molar-refractivity contribution in [3.8, 4) is 0 Å². The van der Waals surface area contributed by atoms with E-state index in [0.29, 0.717) is 0 Å². The summed E-state index contributed by atoms with van der Waals surface area (Å²) in [7, 11) is 0. The smallest absolute Gasteiger partial charge is 0.0434 e. The third kappa shape index (κ3) is 1.43. The molecule has 1 aliphatic rings. The molecule has 1 N–H and O–H groups in total. The fraction of sp³-hybridized carbons (Fsp3) is 0.429. The van der Waals surface area contributed by atoms with Crippen LogP contribution >= 0.6 is 0 Å². The molecule has 0 aromatic carbocycles. The number of nitrogens with zero attached hydrogens (tertiary/aromatic N) is 2. The number of hydrogen-bond donors (Lipinski definition) is 1. The van der Waals surface area contributed by atoms with Gasteiger partial charge in [-0.15, -0.1) is 0 Å². The van der Waals surface area contributed by atoms with Crippen molar-refractivity contribution in [3.05, 3.63) is 11.8 Å². The molecule has 0 spiro atoms. The van der Waals surface area contributed by atoms with Crippen molar-refractivity contribution in [1.82, 2.24) is 5.43 Å². The molecule has 0 aromatic rings. The van der Waals surface area contributed by atoms with Gasteiger partial charge in [-0.05, 0) is 18.9 Å². The van der Waals surface area contributed by atoms with Crippen LogP contribution < -0.4 is 5.43 Å². The summed E-state index contributed by atoms with van der Waals surface area (Å²) in [4.78, 5) is 4.22. The summed E-state index contributed by atoms with van der Waals surface area (Å²) in [6.07, 6.45) is 2.87. The van der Waals surface area contributed by atoms with Gasteiger partial charge in [0.05, 0.1) is 0 Å². The van der Waals surface area contributed by atoms with E-state index >= 15 is 0 Å². The molecule has 0 fully saturated rings. The van der Waals surface area contributed by atoms with Crippen LogP contribution in [-0.4, -0.2) is 19.0 Å². The molecule has 0 amide bonds. The van der Waals surface area contributed by atoms with Crippen LogP contribution in [0.15, 0.2) is 21.9 Å². The summed E-state index contributed by atoms with van der Waals surface area (Å²) in [6.45, 7) is 6.22. The molecule has 0 bridgehead atoms. The highest BCUT2D eigenvalue weighted by Crippen LogP contribution is 2.10. The lowest BCUT2D eigenvalue weighted by atomic mass is 10.2. The Morgan fingerprint density at radius 3 is 3.10 bits per heavy atom. The summed E-state index contributed by atoms with van der Waals surface area (Å²) < 4.78 is 0. The Balaban J connectivity index is 2.56. The molecule has 3 nitrogen and oxygen atoms in total. The van der Waals surface area contributed by atoms with Crippen molar-refractivity contribution in [2.75, 3.05) is 6.54 Å². The van der Waals surface area contributed by atoms with E-state index in [1.807, 2.05) is 13.1 Å². The lowest BCUT2D eigenvalue weighted by molar-refractivity contribution is 0.951. The molecule has 1 aliphatic heterocycles. The highest BCUT2D eigenvalue weighted by molar-refractivity contribution is 5.99. The van der Waals surface area contributed by atoms with Crippen LogP contribution in [0.1, 0.15) is 13.3 Å². The maximum absolute atomic E-state index is 4.22. The van der Waals surface area contributed by atoms with Gasteiger partial charge in [0.1, 0.15) is 0 Å². The zero-order chi connectivity index (χ0) is 7.40. The van der Waals surface area contributed by atoms with Gasteiger partial charge in [0, 0.05) is 25.2 Å². The Hall–Kier alpha value is -1.12. The first-order valence-electron chi connectivity index (χ1n) is 3.26. The molecular weight excluding hydrogens is 126 g/mol. The lowest BCUT2D eigenvalue weighted by Crippen LogP contribution is -1.98. The average molecular weight is 137 g/mol. The zero-order valence-electron chi connectivity index (χ0n) is 6.09. The van der Waals surface area contributed by atoms with E-state index < -0.39 is 0 Å². The Kier molecular flexibility index (Phi) is 2.20. The minimum absolute atomic E-state index is 0.913. The molecule has 54 valence electrons. The third-order valence-corrected chi connectivity index (χ3v) is 1.52. The van der Waals surface area contributed by atoms with E-state index in [9.17, 15) is 0 Å². The average Bonchev–Trinajstić information content (AvgIpc) is 2.31. The highest BCUT2D eigenvalue weighted by atomic mass is 15.3. The van der Waals surface area contributed by atoms with Gasteiger partial charge in [0.15, 0.2) is 0 Å². The summed E-state index contributed by atoms with van der Waals surface area (Å²) in [5, 5.41) is 3.50. The first-order chi connectivity index (χ1) is 4.84. The monoisotopic (exact) mass is 137 g/mol. The predicted molar refractivity (Wildman–Crippen MR) is 43.4 cm³/mol. The number of aliphatic imine (C=N–C) groups is 1. The summed E-state index contributed by atoms with van der Waals surface area (Å²) in [5.41, 5.74) is 5.03. The van der Waals surface area contributed by atoms with E-state index in [0.717, 1.165) is 18.7 Å². The van der Waals surface area contributed by atoms with Crippen LogP contribution in [0.2, 0.25) is 0 Å². The first-order valence-corrected chi connectivity index (χ1v) is 3.26.